The minimum atomic E-state index is -1.81. The van der Waals surface area contributed by atoms with Crippen molar-refractivity contribution in [1.29, 1.82) is 0 Å². The minimum absolute atomic E-state index is 0.00831. The van der Waals surface area contributed by atoms with E-state index in [4.69, 9.17) is 61.6 Å². The average Bonchev–Trinajstić information content (AvgIpc) is 0.720. The van der Waals surface area contributed by atoms with Crippen LogP contribution in [0.2, 0.25) is 0 Å². The van der Waals surface area contributed by atoms with Gasteiger partial charge in [0.25, 0.3) is 0 Å². The summed E-state index contributed by atoms with van der Waals surface area (Å²) in [4.78, 5) is 94.0. The Balaban J connectivity index is 0.959. The molecule has 0 unspecified atom stereocenters. The van der Waals surface area contributed by atoms with Crippen LogP contribution in [0, 0.1) is 10.8 Å². The molecule has 6 heterocycles. The Morgan fingerprint density at radius 1 is 0.465 bits per heavy atom. The molecule has 0 N–H and O–H groups in total. The van der Waals surface area contributed by atoms with Gasteiger partial charge in [0, 0.05) is 10.5 Å². The third-order valence-corrected chi connectivity index (χ3v) is 18.8. The van der Waals surface area contributed by atoms with Gasteiger partial charge in [-0.3, -0.25) is 29.0 Å². The first-order valence-electron chi connectivity index (χ1n) is 33.5. The lowest BCUT2D eigenvalue weighted by Gasteiger charge is -2.57. The van der Waals surface area contributed by atoms with Gasteiger partial charge in [0.1, 0.15) is 71.7 Å². The van der Waals surface area contributed by atoms with Crippen LogP contribution >= 0.6 is 0 Å². The molecule has 6 aliphatic rings. The van der Waals surface area contributed by atoms with Crippen LogP contribution in [-0.2, 0) is 107 Å². The zero-order chi connectivity index (χ0) is 70.2. The third kappa shape index (κ3) is 15.2. The molecule has 24 nitrogen and oxygen atoms in total. The molecule has 101 heavy (non-hydrogen) atoms. The van der Waals surface area contributed by atoms with Crippen LogP contribution in [-0.4, -0.2) is 157 Å². The molecule has 0 aliphatic carbocycles. The molecule has 4 amide bonds. The number of benzene rings is 7. The van der Waals surface area contributed by atoms with Gasteiger partial charge in [-0.25, -0.2) is 9.59 Å². The molecule has 0 aromatic heterocycles. The predicted molar refractivity (Wildman–Crippen MR) is 357 cm³/mol. The number of hydrogen-bond acceptors (Lipinski definition) is 20. The molecule has 0 radical (unpaired) electrons. The Morgan fingerprint density at radius 3 is 1.33 bits per heavy atom. The van der Waals surface area contributed by atoms with Gasteiger partial charge in [0.2, 0.25) is 23.6 Å². The average molecular weight is 1380 g/mol. The largest absolute Gasteiger partial charge is 0.452 e. The monoisotopic (exact) mass is 1380 g/mol. The van der Waals surface area contributed by atoms with Gasteiger partial charge in [-0.1, -0.05) is 193 Å². The van der Waals surface area contributed by atoms with E-state index in [2.05, 4.69) is 10.0 Å². The first kappa shape index (κ1) is 70.1. The van der Waals surface area contributed by atoms with E-state index in [0.29, 0.717) is 16.7 Å². The van der Waals surface area contributed by atoms with E-state index in [1.807, 2.05) is 140 Å². The van der Waals surface area contributed by atoms with Crippen LogP contribution in [0.5, 0.6) is 0 Å². The quantitative estimate of drug-likeness (QED) is 0.0122. The normalized spacial score (nSPS) is 28.9. The van der Waals surface area contributed by atoms with Crippen molar-refractivity contribution in [3.63, 3.8) is 0 Å². The molecule has 24 heteroatoms. The number of carbonyl (C=O) groups excluding carboxylic acids is 6. The summed E-state index contributed by atoms with van der Waals surface area (Å²) >= 11 is 0. The van der Waals surface area contributed by atoms with Crippen molar-refractivity contribution >= 4 is 35.6 Å². The Labute approximate surface area is 583 Å². The highest BCUT2D eigenvalue weighted by Crippen LogP contribution is 2.46. The van der Waals surface area contributed by atoms with Crippen molar-refractivity contribution in [3.8, 4) is 0 Å². The Bertz CT molecular complexity index is 4010. The maximum absolute atomic E-state index is 15.2. The predicted octanol–water partition coefficient (Wildman–Crippen LogP) is 9.94. The van der Waals surface area contributed by atoms with E-state index in [-0.39, 0.29) is 57.4 Å². The molecule has 0 saturated carbocycles. The number of β-lactam (4-membered cyclic amide) rings is 4. The van der Waals surface area contributed by atoms with Crippen molar-refractivity contribution in [2.45, 2.75) is 152 Å². The fourth-order valence-electron chi connectivity index (χ4n) is 13.4. The highest BCUT2D eigenvalue weighted by molar-refractivity contribution is 6.22. The molecule has 6 fully saturated rings. The second-order valence-electron chi connectivity index (χ2n) is 26.4. The van der Waals surface area contributed by atoms with Crippen LogP contribution in [0.15, 0.2) is 217 Å². The second kappa shape index (κ2) is 31.3. The van der Waals surface area contributed by atoms with E-state index in [1.165, 1.54) is 27.7 Å². The van der Waals surface area contributed by atoms with Crippen LogP contribution in [0.1, 0.15) is 82.5 Å². The van der Waals surface area contributed by atoms with Crippen molar-refractivity contribution in [2.24, 2.45) is 15.9 Å². The van der Waals surface area contributed by atoms with Crippen LogP contribution in [0.4, 0.5) is 0 Å². The van der Waals surface area contributed by atoms with Gasteiger partial charge in [-0.15, -0.1) is 0 Å². The molecule has 0 spiro atoms. The van der Waals surface area contributed by atoms with Crippen LogP contribution < -0.4 is 0 Å². The van der Waals surface area contributed by atoms with Crippen molar-refractivity contribution in [2.75, 3.05) is 19.8 Å². The number of hydrogen-bond donors (Lipinski definition) is 0. The lowest BCUT2D eigenvalue weighted by Crippen LogP contribution is -2.78. The maximum atomic E-state index is 15.2. The number of fused-ring (bicyclic) bond motifs is 1. The molecule has 524 valence electrons. The molecule has 6 saturated heterocycles. The lowest BCUT2D eigenvalue weighted by molar-refractivity contribution is -0.388. The molecule has 7 aromatic carbocycles. The molecule has 6 aliphatic heterocycles. The summed E-state index contributed by atoms with van der Waals surface area (Å²) in [7, 11) is 0. The number of azide groups is 1. The molecule has 16 atom stereocenters. The van der Waals surface area contributed by atoms with E-state index < -0.39 is 145 Å². The molecule has 0 bridgehead atoms. The van der Waals surface area contributed by atoms with Gasteiger partial charge in [0.15, 0.2) is 37.3 Å². The number of rotatable bonds is 26. The minimum Gasteiger partial charge on any atom is -0.452 e. The maximum Gasteiger partial charge on any atom is 0.338 e. The highest BCUT2D eigenvalue weighted by atomic mass is 16.8. The summed E-state index contributed by atoms with van der Waals surface area (Å²) in [6.45, 7) is 4.78. The number of carbonyl (C=O) groups is 6. The Kier molecular flexibility index (Phi) is 21.7. The third-order valence-electron chi connectivity index (χ3n) is 18.8. The van der Waals surface area contributed by atoms with E-state index in [0.717, 1.165) is 20.9 Å². The first-order valence-corrected chi connectivity index (χ1v) is 33.5. The molecular weight excluding hydrogens is 1300 g/mol. The van der Waals surface area contributed by atoms with E-state index in [9.17, 15) is 24.7 Å². The van der Waals surface area contributed by atoms with Crippen molar-refractivity contribution < 1.29 is 90.3 Å². The van der Waals surface area contributed by atoms with E-state index in [1.54, 1.807) is 72.8 Å². The summed E-state index contributed by atoms with van der Waals surface area (Å²) in [5, 5.41) is 4.06. The fraction of sp³-hybridized carbons (Fsp3) is 0.377. The molecule has 13 rings (SSSR count). The topological polar surface area (TPSA) is 278 Å². The Hall–Kier alpha value is -9.37. The number of amides is 4. The van der Waals surface area contributed by atoms with Crippen molar-refractivity contribution in [1.82, 2.24) is 9.80 Å². The number of esters is 2. The highest BCUT2D eigenvalue weighted by Gasteiger charge is 2.67. The SMILES string of the molecule is CC1(C)C(=O)N([C@@H]2[C@@H](OCc3ccccc3)[C@H](O[C@@H]3O[C@H](COCc4ccccc4)[C@@H](O[C@@H]4O[C@@H]5CO[C@@H](c6ccccc6)O[C@H]5[C@H](OC(=O)c5ccccc5)[C@@H]4OC(=O)c4ccccc4)[C@H](OCc4ccccc4)[C@H]3N3C(=O)C(C)(C)C3=O)[C@@H](COCc3ccccc3)O[C@H]2N=[N+]=[N-])C1=O. The van der Waals surface area contributed by atoms with Gasteiger partial charge < -0.3 is 61.6 Å². The van der Waals surface area contributed by atoms with Gasteiger partial charge in [-0.05, 0) is 79.7 Å². The zero-order valence-electron chi connectivity index (χ0n) is 55.9. The van der Waals surface area contributed by atoms with Gasteiger partial charge in [0.05, 0.1) is 57.4 Å². The number of nitrogens with zero attached hydrogens (tertiary/aromatic N) is 5. The van der Waals surface area contributed by atoms with Crippen LogP contribution in [0.25, 0.3) is 10.4 Å². The van der Waals surface area contributed by atoms with Gasteiger partial charge >= 0.3 is 11.9 Å². The number of likely N-dealkylation sites (tertiary alicyclic amines) is 2. The second-order valence-corrected chi connectivity index (χ2v) is 26.4. The smallest absolute Gasteiger partial charge is 0.338 e. The first-order chi connectivity index (χ1) is 49.1. The summed E-state index contributed by atoms with van der Waals surface area (Å²) < 4.78 is 89.5. The summed E-state index contributed by atoms with van der Waals surface area (Å²) in [6, 6.07) is 59.0. The summed E-state index contributed by atoms with van der Waals surface area (Å²) in [5.74, 6) is -4.26. The summed E-state index contributed by atoms with van der Waals surface area (Å²) in [5.41, 5.74) is 10.9. The standard InChI is InChI=1S/C77H77N5O19/c1-76(2)72(85)81(73(76)86)57-62(91-42-49-30-16-7-17-31-49)59(54(94-66(57)79-80-78)44-89-40-47-26-12-5-13-27-47)100-70-58(82-74(87)77(3,4)75(82)88)63(92-43-50-32-18-8-19-33-50)60(55(95-70)45-90-41-48-28-14-6-15-29-48)101-71-65(98-68(84)52-36-22-10-23-37-52)64(97-67(83)51-34-20-9-21-35-51)61-56(96-71)46-93-69(99-61)53-38-24-11-25-39-53/h5-39,54-66,69-71H,40-46H2,1-4H3/t54-,55-,56-,57-,58-,59-,60-,61-,62-,63-,64+,65+,66-,69-,70+,71+/m1/s1. The molecular formula is C77H77N5O19. The summed E-state index contributed by atoms with van der Waals surface area (Å²) in [6.07, 6.45) is -20.6. The fourth-order valence-corrected chi connectivity index (χ4v) is 13.4. The van der Waals surface area contributed by atoms with Crippen molar-refractivity contribution in [3.05, 3.63) is 262 Å². The lowest BCUT2D eigenvalue weighted by atomic mass is 9.78. The Morgan fingerprint density at radius 2 is 0.861 bits per heavy atom. The molecule has 7 aromatic rings. The van der Waals surface area contributed by atoms with E-state index >= 15 is 9.59 Å². The number of imide groups is 2. The van der Waals surface area contributed by atoms with Gasteiger partial charge in [-0.2, -0.15) is 0 Å². The number of ether oxygens (including phenoxy) is 13. The van der Waals surface area contributed by atoms with Crippen LogP contribution in [0.3, 0.4) is 0 Å². The zero-order valence-corrected chi connectivity index (χ0v) is 55.9.